The van der Waals surface area contributed by atoms with Crippen LogP contribution in [0.3, 0.4) is 0 Å². The van der Waals surface area contributed by atoms with Crippen LogP contribution in [-0.2, 0) is 0 Å². The van der Waals surface area contributed by atoms with Gasteiger partial charge in [0.2, 0.25) is 0 Å². The number of ether oxygens (including phenoxy) is 1. The number of pyridine rings is 1. The highest BCUT2D eigenvalue weighted by molar-refractivity contribution is 7.80. The summed E-state index contributed by atoms with van der Waals surface area (Å²) in [4.78, 5) is 4.26. The summed E-state index contributed by atoms with van der Waals surface area (Å²) in [5.41, 5.74) is 7.23. The summed E-state index contributed by atoms with van der Waals surface area (Å²) < 4.78 is 18.4. The van der Waals surface area contributed by atoms with Crippen LogP contribution in [0, 0.1) is 5.82 Å². The number of nitrogens with zero attached hydrogens (tertiary/aromatic N) is 1. The van der Waals surface area contributed by atoms with Crippen LogP contribution in [-0.4, -0.2) is 17.1 Å². The van der Waals surface area contributed by atoms with Crippen molar-refractivity contribution in [2.24, 2.45) is 5.73 Å². The van der Waals surface area contributed by atoms with Crippen molar-refractivity contribution in [3.05, 3.63) is 48.0 Å². The number of methoxy groups -OCH3 is 1. The van der Waals surface area contributed by atoms with Gasteiger partial charge in [0.15, 0.2) is 11.6 Å². The summed E-state index contributed by atoms with van der Waals surface area (Å²) >= 11 is 4.91. The number of hydrogen-bond donors (Lipinski definition) is 2. The third-order valence-electron chi connectivity index (χ3n) is 2.47. The number of aromatic nitrogens is 1. The van der Waals surface area contributed by atoms with E-state index in [-0.39, 0.29) is 10.7 Å². The number of thiocarbonyl (C=S) groups is 1. The summed E-state index contributed by atoms with van der Waals surface area (Å²) in [6.07, 6.45) is 1.59. The van der Waals surface area contributed by atoms with E-state index in [0.717, 1.165) is 0 Å². The van der Waals surface area contributed by atoms with Crippen molar-refractivity contribution in [1.29, 1.82) is 0 Å². The standard InChI is InChI=1S/C13H12FN3OS/c1-18-11-5-4-8(7-9(11)14)17-10-3-2-6-16-12(10)13(15)19/h2-7,17H,1H3,(H2,15,19). The lowest BCUT2D eigenvalue weighted by Gasteiger charge is -2.11. The third-order valence-corrected chi connectivity index (χ3v) is 2.67. The second kappa shape index (κ2) is 5.62. The normalized spacial score (nSPS) is 10.0. The number of nitrogens with two attached hydrogens (primary N) is 1. The molecule has 2 rings (SSSR count). The predicted molar refractivity (Wildman–Crippen MR) is 76.4 cm³/mol. The summed E-state index contributed by atoms with van der Waals surface area (Å²) in [5, 5.41) is 3.02. The topological polar surface area (TPSA) is 60.2 Å². The first-order valence-electron chi connectivity index (χ1n) is 5.47. The van der Waals surface area contributed by atoms with Gasteiger partial charge < -0.3 is 15.8 Å². The summed E-state index contributed by atoms with van der Waals surface area (Å²) in [5.74, 6) is -0.264. The molecule has 0 aliphatic carbocycles. The van der Waals surface area contributed by atoms with E-state index in [1.165, 1.54) is 19.2 Å². The number of nitrogens with one attached hydrogen (secondary N) is 1. The van der Waals surface area contributed by atoms with E-state index in [1.54, 1.807) is 24.4 Å². The Balaban J connectivity index is 2.31. The van der Waals surface area contributed by atoms with Crippen LogP contribution < -0.4 is 15.8 Å². The molecule has 0 aliphatic rings. The first-order chi connectivity index (χ1) is 9.11. The fraction of sp³-hybridized carbons (Fsp3) is 0.0769. The summed E-state index contributed by atoms with van der Waals surface area (Å²) in [6, 6.07) is 8.07. The van der Waals surface area contributed by atoms with Crippen LogP contribution in [0.15, 0.2) is 36.5 Å². The molecule has 0 atom stereocenters. The highest BCUT2D eigenvalue weighted by atomic mass is 32.1. The number of halogens is 1. The lowest BCUT2D eigenvalue weighted by Crippen LogP contribution is -2.13. The molecule has 6 heteroatoms. The number of hydrogen-bond acceptors (Lipinski definition) is 4. The highest BCUT2D eigenvalue weighted by Crippen LogP contribution is 2.24. The maximum atomic E-state index is 13.6. The first-order valence-corrected chi connectivity index (χ1v) is 5.88. The SMILES string of the molecule is COc1ccc(Nc2cccnc2C(N)=S)cc1F. The lowest BCUT2D eigenvalue weighted by atomic mass is 10.2. The Bertz CT molecular complexity index is 619. The van der Waals surface area contributed by atoms with Crippen molar-refractivity contribution >= 4 is 28.6 Å². The zero-order valence-electron chi connectivity index (χ0n) is 10.2. The maximum absolute atomic E-state index is 13.6. The maximum Gasteiger partial charge on any atom is 0.167 e. The minimum atomic E-state index is -0.451. The van der Waals surface area contributed by atoms with Gasteiger partial charge in [-0.25, -0.2) is 4.39 Å². The zero-order chi connectivity index (χ0) is 13.8. The predicted octanol–water partition coefficient (Wildman–Crippen LogP) is 2.61. The molecule has 3 N–H and O–H groups in total. The largest absolute Gasteiger partial charge is 0.494 e. The van der Waals surface area contributed by atoms with Crippen LogP contribution in [0.25, 0.3) is 0 Å². The van der Waals surface area contributed by atoms with E-state index in [1.807, 2.05) is 0 Å². The van der Waals surface area contributed by atoms with Gasteiger partial charge in [-0.2, -0.15) is 0 Å². The number of rotatable bonds is 4. The molecule has 0 radical (unpaired) electrons. The number of anilines is 2. The second-order valence-electron chi connectivity index (χ2n) is 3.74. The molecule has 1 aromatic carbocycles. The molecule has 0 unspecified atom stereocenters. The summed E-state index contributed by atoms with van der Waals surface area (Å²) in [7, 11) is 1.41. The number of benzene rings is 1. The Morgan fingerprint density at radius 2 is 2.21 bits per heavy atom. The van der Waals surface area contributed by atoms with Crippen molar-refractivity contribution in [2.75, 3.05) is 12.4 Å². The molecule has 0 saturated heterocycles. The van der Waals surface area contributed by atoms with E-state index in [4.69, 9.17) is 22.7 Å². The molecule has 0 amide bonds. The molecule has 0 bridgehead atoms. The van der Waals surface area contributed by atoms with Crippen LogP contribution in [0.1, 0.15) is 5.69 Å². The monoisotopic (exact) mass is 277 g/mol. The molecule has 0 aliphatic heterocycles. The van der Waals surface area contributed by atoms with Crippen LogP contribution in [0.2, 0.25) is 0 Å². The first kappa shape index (κ1) is 13.2. The van der Waals surface area contributed by atoms with Crippen molar-refractivity contribution in [3.8, 4) is 5.75 Å². The molecule has 0 spiro atoms. The molecular weight excluding hydrogens is 265 g/mol. The smallest absolute Gasteiger partial charge is 0.167 e. The second-order valence-corrected chi connectivity index (χ2v) is 4.18. The van der Waals surface area contributed by atoms with E-state index >= 15 is 0 Å². The van der Waals surface area contributed by atoms with Gasteiger partial charge in [-0.05, 0) is 24.3 Å². The van der Waals surface area contributed by atoms with E-state index < -0.39 is 5.82 Å². The van der Waals surface area contributed by atoms with Gasteiger partial charge in [-0.1, -0.05) is 12.2 Å². The molecule has 1 aromatic heterocycles. The Labute approximate surface area is 115 Å². The van der Waals surface area contributed by atoms with Crippen molar-refractivity contribution in [2.45, 2.75) is 0 Å². The molecule has 0 fully saturated rings. The molecule has 1 heterocycles. The van der Waals surface area contributed by atoms with Crippen molar-refractivity contribution in [3.63, 3.8) is 0 Å². The molecule has 0 saturated carbocycles. The fourth-order valence-corrected chi connectivity index (χ4v) is 1.76. The van der Waals surface area contributed by atoms with Crippen LogP contribution in [0.4, 0.5) is 15.8 Å². The Morgan fingerprint density at radius 1 is 1.42 bits per heavy atom. The van der Waals surface area contributed by atoms with Gasteiger partial charge in [-0.3, -0.25) is 4.98 Å². The Morgan fingerprint density at radius 3 is 2.84 bits per heavy atom. The van der Waals surface area contributed by atoms with Gasteiger partial charge in [0.25, 0.3) is 0 Å². The molecule has 2 aromatic rings. The molecule has 4 nitrogen and oxygen atoms in total. The van der Waals surface area contributed by atoms with Crippen LogP contribution >= 0.6 is 12.2 Å². The minimum absolute atomic E-state index is 0.178. The average Bonchev–Trinajstić information content (AvgIpc) is 2.39. The van der Waals surface area contributed by atoms with Gasteiger partial charge >= 0.3 is 0 Å². The average molecular weight is 277 g/mol. The van der Waals surface area contributed by atoms with E-state index in [2.05, 4.69) is 10.3 Å². The fourth-order valence-electron chi connectivity index (χ4n) is 1.60. The van der Waals surface area contributed by atoms with Crippen molar-refractivity contribution < 1.29 is 9.13 Å². The van der Waals surface area contributed by atoms with Gasteiger partial charge in [0.1, 0.15) is 10.7 Å². The third kappa shape index (κ3) is 2.97. The van der Waals surface area contributed by atoms with Crippen LogP contribution in [0.5, 0.6) is 5.75 Å². The van der Waals surface area contributed by atoms with Gasteiger partial charge in [0.05, 0.1) is 12.8 Å². The molecule has 98 valence electrons. The van der Waals surface area contributed by atoms with E-state index in [0.29, 0.717) is 17.1 Å². The zero-order valence-corrected chi connectivity index (χ0v) is 11.0. The lowest BCUT2D eigenvalue weighted by molar-refractivity contribution is 0.386. The van der Waals surface area contributed by atoms with E-state index in [9.17, 15) is 4.39 Å². The minimum Gasteiger partial charge on any atom is -0.494 e. The molecular formula is C13H12FN3OS. The summed E-state index contributed by atoms with van der Waals surface area (Å²) in [6.45, 7) is 0. The van der Waals surface area contributed by atoms with Gasteiger partial charge in [-0.15, -0.1) is 0 Å². The Kier molecular flexibility index (Phi) is 3.91. The highest BCUT2D eigenvalue weighted by Gasteiger charge is 2.08. The van der Waals surface area contributed by atoms with Gasteiger partial charge in [0, 0.05) is 18.0 Å². The molecule has 19 heavy (non-hydrogen) atoms. The van der Waals surface area contributed by atoms with Crippen molar-refractivity contribution in [1.82, 2.24) is 4.98 Å². The Hall–Kier alpha value is -2.21. The quantitative estimate of drug-likeness (QED) is 0.841.